The molecule has 0 spiro atoms. The average Bonchev–Trinajstić information content (AvgIpc) is 3.06. The second-order valence-corrected chi connectivity index (χ2v) is 9.24. The van der Waals surface area contributed by atoms with Gasteiger partial charge in [-0.2, -0.15) is 0 Å². The van der Waals surface area contributed by atoms with Gasteiger partial charge in [-0.3, -0.25) is 4.98 Å². The van der Waals surface area contributed by atoms with Gasteiger partial charge in [0.05, 0.1) is 23.2 Å². The Morgan fingerprint density at radius 1 is 1.17 bits per heavy atom. The lowest BCUT2D eigenvalue weighted by Gasteiger charge is -2.24. The standard InChI is InChI=1S/C22H30N4O3S/c1-5-16(3)21(15-29-6-2)25-30(27,28)19-9-7-18(8-10-19)14-26-17(4)24-20-13-23-12-11-22(20)26/h7-13,16,21,25H,5-6,14-15H2,1-4H3. The molecule has 0 aliphatic heterocycles. The van der Waals surface area contributed by atoms with Gasteiger partial charge in [0.15, 0.2) is 0 Å². The van der Waals surface area contributed by atoms with Crippen molar-refractivity contribution in [1.29, 1.82) is 0 Å². The van der Waals surface area contributed by atoms with E-state index in [2.05, 4.69) is 19.3 Å². The first-order chi connectivity index (χ1) is 14.4. The molecule has 30 heavy (non-hydrogen) atoms. The first-order valence-corrected chi connectivity index (χ1v) is 11.8. The minimum atomic E-state index is -3.62. The van der Waals surface area contributed by atoms with Crippen LogP contribution in [0.4, 0.5) is 0 Å². The van der Waals surface area contributed by atoms with E-state index in [9.17, 15) is 8.42 Å². The summed E-state index contributed by atoms with van der Waals surface area (Å²) in [5, 5.41) is 0. The van der Waals surface area contributed by atoms with Gasteiger partial charge in [-0.05, 0) is 43.5 Å². The molecule has 2 heterocycles. The molecule has 3 aromatic rings. The third-order valence-electron chi connectivity index (χ3n) is 5.45. The third kappa shape index (κ3) is 5.06. The van der Waals surface area contributed by atoms with Crippen molar-refractivity contribution in [3.63, 3.8) is 0 Å². The second kappa shape index (κ2) is 9.68. The summed E-state index contributed by atoms with van der Waals surface area (Å²) in [6, 6.07) is 8.69. The van der Waals surface area contributed by atoms with E-state index in [1.165, 1.54) is 0 Å². The van der Waals surface area contributed by atoms with Gasteiger partial charge in [0.25, 0.3) is 0 Å². The van der Waals surface area contributed by atoms with Gasteiger partial charge in [-0.25, -0.2) is 18.1 Å². The summed E-state index contributed by atoms with van der Waals surface area (Å²) >= 11 is 0. The number of rotatable bonds is 10. The van der Waals surface area contributed by atoms with Gasteiger partial charge in [0.2, 0.25) is 10.0 Å². The highest BCUT2D eigenvalue weighted by Gasteiger charge is 2.24. The highest BCUT2D eigenvalue weighted by atomic mass is 32.2. The fourth-order valence-electron chi connectivity index (χ4n) is 3.37. The van der Waals surface area contributed by atoms with Crippen molar-refractivity contribution in [1.82, 2.24) is 19.3 Å². The van der Waals surface area contributed by atoms with E-state index in [0.717, 1.165) is 28.8 Å². The summed E-state index contributed by atoms with van der Waals surface area (Å²) in [5.41, 5.74) is 2.86. The van der Waals surface area contributed by atoms with Crippen molar-refractivity contribution >= 4 is 21.1 Å². The van der Waals surface area contributed by atoms with Gasteiger partial charge in [-0.1, -0.05) is 32.4 Å². The summed E-state index contributed by atoms with van der Waals surface area (Å²) in [5.74, 6) is 1.07. The van der Waals surface area contributed by atoms with Crippen molar-refractivity contribution in [2.45, 2.75) is 51.6 Å². The van der Waals surface area contributed by atoms with Crippen molar-refractivity contribution < 1.29 is 13.2 Å². The molecule has 0 saturated carbocycles. The number of nitrogens with one attached hydrogen (secondary N) is 1. The third-order valence-corrected chi connectivity index (χ3v) is 6.96. The molecule has 0 saturated heterocycles. The molecule has 2 aromatic heterocycles. The Hall–Kier alpha value is -2.29. The Kier molecular flexibility index (Phi) is 7.23. The van der Waals surface area contributed by atoms with Gasteiger partial charge < -0.3 is 9.30 Å². The van der Waals surface area contributed by atoms with Crippen molar-refractivity contribution in [2.75, 3.05) is 13.2 Å². The molecule has 0 amide bonds. The summed E-state index contributed by atoms with van der Waals surface area (Å²) < 4.78 is 36.2. The van der Waals surface area contributed by atoms with E-state index in [1.807, 2.05) is 45.9 Å². The first kappa shape index (κ1) is 22.4. The minimum Gasteiger partial charge on any atom is -0.380 e. The Balaban J connectivity index is 1.77. The average molecular weight is 431 g/mol. The molecule has 0 fully saturated rings. The zero-order chi connectivity index (χ0) is 21.7. The van der Waals surface area contributed by atoms with E-state index in [4.69, 9.17) is 4.74 Å². The molecule has 1 aromatic carbocycles. The SMILES string of the molecule is CCOCC(NS(=O)(=O)c1ccc(Cn2c(C)nc3cnccc32)cc1)C(C)CC. The second-order valence-electron chi connectivity index (χ2n) is 7.53. The smallest absolute Gasteiger partial charge is 0.240 e. The minimum absolute atomic E-state index is 0.178. The molecule has 8 heteroatoms. The Bertz CT molecular complexity index is 1080. The molecular weight excluding hydrogens is 400 g/mol. The molecule has 0 aliphatic carbocycles. The number of imidazole rings is 1. The number of nitrogens with zero attached hydrogens (tertiary/aromatic N) is 3. The number of hydrogen-bond donors (Lipinski definition) is 1. The van der Waals surface area contributed by atoms with Crippen LogP contribution in [0.15, 0.2) is 47.6 Å². The topological polar surface area (TPSA) is 86.1 Å². The Morgan fingerprint density at radius 3 is 2.57 bits per heavy atom. The number of aryl methyl sites for hydroxylation is 1. The van der Waals surface area contributed by atoms with Crippen molar-refractivity contribution in [3.8, 4) is 0 Å². The number of sulfonamides is 1. The number of fused-ring (bicyclic) bond motifs is 1. The van der Waals surface area contributed by atoms with Gasteiger partial charge in [-0.15, -0.1) is 0 Å². The molecular formula is C22H30N4O3S. The Labute approximate surface area is 178 Å². The van der Waals surface area contributed by atoms with E-state index in [-0.39, 0.29) is 16.9 Å². The largest absolute Gasteiger partial charge is 0.380 e. The van der Waals surface area contributed by atoms with Crippen LogP contribution in [0.25, 0.3) is 11.0 Å². The number of pyridine rings is 1. The summed E-state index contributed by atoms with van der Waals surface area (Å²) in [7, 11) is -3.62. The summed E-state index contributed by atoms with van der Waals surface area (Å²) in [4.78, 5) is 8.90. The maximum Gasteiger partial charge on any atom is 0.240 e. The van der Waals surface area contributed by atoms with Crippen LogP contribution >= 0.6 is 0 Å². The van der Waals surface area contributed by atoms with Crippen molar-refractivity contribution in [3.05, 3.63) is 54.1 Å². The van der Waals surface area contributed by atoms with E-state index in [1.54, 1.807) is 24.5 Å². The number of ether oxygens (including phenoxy) is 1. The van der Waals surface area contributed by atoms with Crippen LogP contribution in [0.1, 0.15) is 38.6 Å². The van der Waals surface area contributed by atoms with Crippen LogP contribution in [0.2, 0.25) is 0 Å². The van der Waals surface area contributed by atoms with Crippen LogP contribution in [0, 0.1) is 12.8 Å². The quantitative estimate of drug-likeness (QED) is 0.532. The van der Waals surface area contributed by atoms with Gasteiger partial charge >= 0.3 is 0 Å². The highest BCUT2D eigenvalue weighted by Crippen LogP contribution is 2.19. The monoisotopic (exact) mass is 430 g/mol. The molecule has 2 atom stereocenters. The fraction of sp³-hybridized carbons (Fsp3) is 0.455. The number of benzene rings is 1. The van der Waals surface area contributed by atoms with Crippen LogP contribution in [0.3, 0.4) is 0 Å². The first-order valence-electron chi connectivity index (χ1n) is 10.3. The van der Waals surface area contributed by atoms with Crippen LogP contribution < -0.4 is 4.72 Å². The van der Waals surface area contributed by atoms with E-state index in [0.29, 0.717) is 19.8 Å². The summed E-state index contributed by atoms with van der Waals surface area (Å²) in [6.07, 6.45) is 4.36. The van der Waals surface area contributed by atoms with Crippen molar-refractivity contribution in [2.24, 2.45) is 5.92 Å². The van der Waals surface area contributed by atoms with Crippen LogP contribution in [-0.2, 0) is 21.3 Å². The van der Waals surface area contributed by atoms with E-state index >= 15 is 0 Å². The molecule has 7 nitrogen and oxygen atoms in total. The lowest BCUT2D eigenvalue weighted by Crippen LogP contribution is -2.42. The lowest BCUT2D eigenvalue weighted by atomic mass is 10.0. The number of hydrogen-bond acceptors (Lipinski definition) is 5. The Morgan fingerprint density at radius 2 is 1.90 bits per heavy atom. The molecule has 1 N–H and O–H groups in total. The lowest BCUT2D eigenvalue weighted by molar-refractivity contribution is 0.112. The zero-order valence-electron chi connectivity index (χ0n) is 18.0. The summed E-state index contributed by atoms with van der Waals surface area (Å²) in [6.45, 7) is 9.47. The molecule has 2 unspecified atom stereocenters. The predicted molar refractivity (Wildman–Crippen MR) is 118 cm³/mol. The maximum atomic E-state index is 12.9. The molecule has 3 rings (SSSR count). The van der Waals surface area contributed by atoms with Gasteiger partial charge in [0.1, 0.15) is 11.3 Å². The molecule has 0 radical (unpaired) electrons. The van der Waals surface area contributed by atoms with Crippen LogP contribution in [-0.4, -0.2) is 42.2 Å². The zero-order valence-corrected chi connectivity index (χ0v) is 18.8. The maximum absolute atomic E-state index is 12.9. The molecule has 162 valence electrons. The normalized spacial score (nSPS) is 14.1. The van der Waals surface area contributed by atoms with Gasteiger partial charge in [0, 0.05) is 25.4 Å². The predicted octanol–water partition coefficient (Wildman–Crippen LogP) is 3.52. The van der Waals surface area contributed by atoms with Crippen LogP contribution in [0.5, 0.6) is 0 Å². The molecule has 0 bridgehead atoms. The number of aromatic nitrogens is 3. The molecule has 0 aliphatic rings. The fourth-order valence-corrected chi connectivity index (χ4v) is 4.70. The highest BCUT2D eigenvalue weighted by molar-refractivity contribution is 7.89. The van der Waals surface area contributed by atoms with E-state index < -0.39 is 10.0 Å².